The van der Waals surface area contributed by atoms with Crippen molar-refractivity contribution in [3.8, 4) is 0 Å². The molecule has 0 saturated carbocycles. The van der Waals surface area contributed by atoms with Gasteiger partial charge in [-0.3, -0.25) is 19.7 Å². The van der Waals surface area contributed by atoms with Crippen LogP contribution in [0.5, 0.6) is 0 Å². The molecule has 0 radical (unpaired) electrons. The summed E-state index contributed by atoms with van der Waals surface area (Å²) in [7, 11) is 0. The van der Waals surface area contributed by atoms with Crippen molar-refractivity contribution in [2.45, 2.75) is 20.0 Å². The maximum Gasteiger partial charge on any atom is 0.280 e. The molecule has 1 atom stereocenters. The lowest BCUT2D eigenvalue weighted by Gasteiger charge is -2.04. The van der Waals surface area contributed by atoms with Crippen molar-refractivity contribution in [2.75, 3.05) is 0 Å². The first-order valence-corrected chi connectivity index (χ1v) is 4.86. The highest BCUT2D eigenvalue weighted by Gasteiger charge is 2.27. The van der Waals surface area contributed by atoms with Crippen molar-refractivity contribution in [1.29, 1.82) is 0 Å². The first kappa shape index (κ1) is 13.0. The van der Waals surface area contributed by atoms with Gasteiger partial charge in [-0.15, -0.1) is 0 Å². The van der Waals surface area contributed by atoms with Crippen LogP contribution >= 0.6 is 0 Å². The van der Waals surface area contributed by atoms with Gasteiger partial charge < -0.3 is 5.11 Å². The van der Waals surface area contributed by atoms with Gasteiger partial charge in [-0.25, -0.2) is 0 Å². The van der Waals surface area contributed by atoms with Crippen molar-refractivity contribution in [3.05, 3.63) is 39.4 Å². The summed E-state index contributed by atoms with van der Waals surface area (Å²) < 4.78 is 0. The fraction of sp³-hybridized carbons (Fsp3) is 0.273. The van der Waals surface area contributed by atoms with Crippen LogP contribution in [0.4, 0.5) is 5.69 Å². The first-order valence-electron chi connectivity index (χ1n) is 4.86. The predicted octanol–water partition coefficient (Wildman–Crippen LogP) is 1.04. The van der Waals surface area contributed by atoms with E-state index in [1.165, 1.54) is 18.2 Å². The smallest absolute Gasteiger partial charge is 0.280 e. The minimum atomic E-state index is -1.47. The lowest BCUT2D eigenvalue weighted by molar-refractivity contribution is -0.385. The fourth-order valence-electron chi connectivity index (χ4n) is 1.31. The number of Topliss-reactive ketones (excluding diaryl/α,β-unsaturated/α-hetero) is 2. The Balaban J connectivity index is 3.27. The van der Waals surface area contributed by atoms with Crippen molar-refractivity contribution >= 4 is 17.3 Å². The second-order valence-electron chi connectivity index (χ2n) is 3.65. The Labute approximate surface area is 97.0 Å². The third kappa shape index (κ3) is 2.73. The highest BCUT2D eigenvalue weighted by Crippen LogP contribution is 2.21. The van der Waals surface area contributed by atoms with Crippen LogP contribution < -0.4 is 0 Å². The third-order valence-corrected chi connectivity index (χ3v) is 2.20. The van der Waals surface area contributed by atoms with E-state index in [2.05, 4.69) is 0 Å². The predicted molar refractivity (Wildman–Crippen MR) is 58.9 cm³/mol. The first-order chi connectivity index (χ1) is 7.84. The molecule has 1 unspecified atom stereocenters. The molecule has 0 aliphatic rings. The van der Waals surface area contributed by atoms with Gasteiger partial charge >= 0.3 is 0 Å². The van der Waals surface area contributed by atoms with Gasteiger partial charge in [0.25, 0.3) is 5.69 Å². The van der Waals surface area contributed by atoms with Crippen molar-refractivity contribution < 1.29 is 19.6 Å². The van der Waals surface area contributed by atoms with Crippen molar-refractivity contribution in [2.24, 2.45) is 0 Å². The molecular formula is C11H11NO5. The summed E-state index contributed by atoms with van der Waals surface area (Å²) in [5.74, 6) is -2.11. The van der Waals surface area contributed by atoms with Gasteiger partial charge in [0.2, 0.25) is 11.6 Å². The Morgan fingerprint density at radius 3 is 2.47 bits per heavy atom. The summed E-state index contributed by atoms with van der Waals surface area (Å²) in [5.41, 5.74) is -0.117. The van der Waals surface area contributed by atoms with E-state index in [0.717, 1.165) is 6.92 Å². The number of aliphatic hydroxyl groups excluding tert-OH is 1. The lowest BCUT2D eigenvalue weighted by Crippen LogP contribution is -2.26. The van der Waals surface area contributed by atoms with E-state index >= 15 is 0 Å². The molecule has 6 heteroatoms. The number of nitrogens with zero attached hydrogens (tertiary/aromatic N) is 1. The van der Waals surface area contributed by atoms with Crippen LogP contribution in [0.3, 0.4) is 0 Å². The van der Waals surface area contributed by atoms with Crippen LogP contribution in [0.1, 0.15) is 22.8 Å². The summed E-state index contributed by atoms with van der Waals surface area (Å²) in [6.07, 6.45) is -1.47. The third-order valence-electron chi connectivity index (χ3n) is 2.20. The Morgan fingerprint density at radius 2 is 2.00 bits per heavy atom. The Bertz CT molecular complexity index is 493. The zero-order chi connectivity index (χ0) is 13.2. The van der Waals surface area contributed by atoms with Gasteiger partial charge in [-0.2, -0.15) is 0 Å². The molecular weight excluding hydrogens is 226 g/mol. The van der Waals surface area contributed by atoms with Crippen LogP contribution in [0.2, 0.25) is 0 Å². The number of rotatable bonds is 4. The molecule has 0 amide bonds. The molecule has 1 rings (SSSR count). The second-order valence-corrected chi connectivity index (χ2v) is 3.65. The van der Waals surface area contributed by atoms with Crippen LogP contribution in [0, 0.1) is 17.0 Å². The number of ketones is 2. The molecule has 1 aromatic carbocycles. The van der Waals surface area contributed by atoms with E-state index in [1.54, 1.807) is 6.92 Å². The minimum Gasteiger partial charge on any atom is -0.385 e. The largest absolute Gasteiger partial charge is 0.385 e. The molecule has 1 N–H and O–H groups in total. The molecule has 6 nitrogen and oxygen atoms in total. The quantitative estimate of drug-likeness (QED) is 0.365. The van der Waals surface area contributed by atoms with E-state index in [9.17, 15) is 19.7 Å². The Kier molecular flexibility index (Phi) is 3.69. The fourth-order valence-corrected chi connectivity index (χ4v) is 1.31. The molecule has 90 valence electrons. The summed E-state index contributed by atoms with van der Waals surface area (Å²) in [4.78, 5) is 32.9. The number of benzene rings is 1. The van der Waals surface area contributed by atoms with E-state index in [1.807, 2.05) is 0 Å². The highest BCUT2D eigenvalue weighted by atomic mass is 16.6. The summed E-state index contributed by atoms with van der Waals surface area (Å²) >= 11 is 0. The number of nitro benzene ring substituents is 1. The minimum absolute atomic E-state index is 0.300. The van der Waals surface area contributed by atoms with Crippen LogP contribution in [-0.2, 0) is 4.79 Å². The van der Waals surface area contributed by atoms with Crippen LogP contribution in [0.25, 0.3) is 0 Å². The molecule has 17 heavy (non-hydrogen) atoms. The average molecular weight is 237 g/mol. The Hall–Kier alpha value is -2.08. The van der Waals surface area contributed by atoms with E-state index in [4.69, 9.17) is 5.11 Å². The van der Waals surface area contributed by atoms with Gasteiger partial charge in [0, 0.05) is 6.07 Å². The number of nitro groups is 1. The molecule has 0 fully saturated rings. The van der Waals surface area contributed by atoms with Gasteiger partial charge in [-0.05, 0) is 25.5 Å². The van der Waals surface area contributed by atoms with Gasteiger partial charge in [0.05, 0.1) is 4.92 Å². The lowest BCUT2D eigenvalue weighted by atomic mass is 10.0. The molecule has 0 heterocycles. The summed E-state index contributed by atoms with van der Waals surface area (Å²) in [6, 6.07) is 3.92. The number of carbonyl (C=O) groups excluding carboxylic acids is 2. The topological polar surface area (TPSA) is 97.5 Å². The maximum absolute atomic E-state index is 11.6. The van der Waals surface area contributed by atoms with Crippen molar-refractivity contribution in [3.63, 3.8) is 0 Å². The highest BCUT2D eigenvalue weighted by molar-refractivity contribution is 6.45. The molecule has 0 aliphatic carbocycles. The number of hydrogen-bond acceptors (Lipinski definition) is 5. The second kappa shape index (κ2) is 4.84. The number of aliphatic hydroxyl groups is 1. The molecule has 1 aromatic rings. The van der Waals surface area contributed by atoms with E-state index < -0.39 is 28.3 Å². The van der Waals surface area contributed by atoms with E-state index in [-0.39, 0.29) is 5.56 Å². The summed E-state index contributed by atoms with van der Waals surface area (Å²) in [6.45, 7) is 2.78. The number of carbonyl (C=O) groups is 2. The number of hydrogen-bond donors (Lipinski definition) is 1. The molecule has 0 saturated heterocycles. The summed E-state index contributed by atoms with van der Waals surface area (Å²) in [5, 5.41) is 19.7. The normalized spacial score (nSPS) is 11.9. The van der Waals surface area contributed by atoms with Gasteiger partial charge in [-0.1, -0.05) is 6.07 Å². The number of aryl methyl sites for hydroxylation is 1. The molecule has 0 spiro atoms. The van der Waals surface area contributed by atoms with Gasteiger partial charge in [0.1, 0.15) is 11.7 Å². The Morgan fingerprint density at radius 1 is 1.41 bits per heavy atom. The zero-order valence-corrected chi connectivity index (χ0v) is 9.34. The van der Waals surface area contributed by atoms with Crippen LogP contribution in [0.15, 0.2) is 18.2 Å². The zero-order valence-electron chi connectivity index (χ0n) is 9.34. The maximum atomic E-state index is 11.6. The monoisotopic (exact) mass is 237 g/mol. The molecule has 0 aromatic heterocycles. The average Bonchev–Trinajstić information content (AvgIpc) is 2.26. The SMILES string of the molecule is Cc1ccc(C(=O)C(=O)C(C)O)c([N+](=O)[O-])c1. The molecule has 0 bridgehead atoms. The standard InChI is InChI=1S/C11H11NO5/c1-6-3-4-8(9(5-6)12(16)17)11(15)10(14)7(2)13/h3-5,7,13H,1-2H3. The van der Waals surface area contributed by atoms with Gasteiger partial charge in [0.15, 0.2) is 0 Å². The van der Waals surface area contributed by atoms with Crippen molar-refractivity contribution in [1.82, 2.24) is 0 Å². The van der Waals surface area contributed by atoms with Crippen LogP contribution in [-0.4, -0.2) is 27.7 Å². The molecule has 0 aliphatic heterocycles. The van der Waals surface area contributed by atoms with E-state index in [0.29, 0.717) is 5.56 Å².